The zero-order valence-electron chi connectivity index (χ0n) is 18.0. The number of nitrogens with one attached hydrogen (secondary N) is 1. The van der Waals surface area contributed by atoms with Crippen molar-refractivity contribution in [3.8, 4) is 5.75 Å². The van der Waals surface area contributed by atoms with Crippen LogP contribution in [0.15, 0.2) is 42.5 Å². The SMILES string of the molecule is CCOc1ccc(CC2(C(=O)O)CCCO2)cc1CNC(=O)OCc1ccc(C)cc1. The molecule has 2 N–H and O–H groups in total. The molecule has 0 aliphatic carbocycles. The van der Waals surface area contributed by atoms with Crippen LogP contribution in [-0.4, -0.2) is 36.0 Å². The van der Waals surface area contributed by atoms with Crippen LogP contribution in [0, 0.1) is 6.92 Å². The van der Waals surface area contributed by atoms with E-state index in [1.165, 1.54) is 0 Å². The number of ether oxygens (including phenoxy) is 3. The third kappa shape index (κ3) is 5.98. The number of carbonyl (C=O) groups is 2. The van der Waals surface area contributed by atoms with E-state index >= 15 is 0 Å². The van der Waals surface area contributed by atoms with Crippen LogP contribution in [-0.2, 0) is 33.8 Å². The average molecular weight is 427 g/mol. The van der Waals surface area contributed by atoms with E-state index in [9.17, 15) is 14.7 Å². The van der Waals surface area contributed by atoms with Crippen LogP contribution in [0.25, 0.3) is 0 Å². The summed E-state index contributed by atoms with van der Waals surface area (Å²) in [5, 5.41) is 12.4. The molecule has 3 rings (SSSR count). The van der Waals surface area contributed by atoms with Gasteiger partial charge in [-0.2, -0.15) is 0 Å². The van der Waals surface area contributed by atoms with Crippen molar-refractivity contribution in [3.63, 3.8) is 0 Å². The summed E-state index contributed by atoms with van der Waals surface area (Å²) in [4.78, 5) is 23.9. The van der Waals surface area contributed by atoms with Gasteiger partial charge in [0.2, 0.25) is 0 Å². The summed E-state index contributed by atoms with van der Waals surface area (Å²) in [5.74, 6) is -0.306. The van der Waals surface area contributed by atoms with Gasteiger partial charge in [0.25, 0.3) is 0 Å². The fraction of sp³-hybridized carbons (Fsp3) is 0.417. The van der Waals surface area contributed by atoms with Crippen molar-refractivity contribution in [2.45, 2.75) is 51.9 Å². The van der Waals surface area contributed by atoms with Crippen LogP contribution in [0.4, 0.5) is 4.79 Å². The van der Waals surface area contributed by atoms with Gasteiger partial charge in [0.1, 0.15) is 12.4 Å². The molecule has 0 radical (unpaired) electrons. The molecule has 1 fully saturated rings. The Morgan fingerprint density at radius 2 is 1.90 bits per heavy atom. The summed E-state index contributed by atoms with van der Waals surface area (Å²) >= 11 is 0. The first-order chi connectivity index (χ1) is 14.9. The second-order valence-corrected chi connectivity index (χ2v) is 7.72. The summed E-state index contributed by atoms with van der Waals surface area (Å²) in [6, 6.07) is 13.3. The van der Waals surface area contributed by atoms with Crippen LogP contribution >= 0.6 is 0 Å². The maximum absolute atomic E-state index is 12.2. The molecule has 7 nitrogen and oxygen atoms in total. The van der Waals surface area contributed by atoms with Crippen LogP contribution in [0.3, 0.4) is 0 Å². The molecule has 31 heavy (non-hydrogen) atoms. The first kappa shape index (κ1) is 22.6. The Bertz CT molecular complexity index is 903. The lowest BCUT2D eigenvalue weighted by atomic mass is 9.91. The van der Waals surface area contributed by atoms with Crippen molar-refractivity contribution in [1.29, 1.82) is 0 Å². The molecule has 1 heterocycles. The average Bonchev–Trinajstić information content (AvgIpc) is 3.23. The number of carbonyl (C=O) groups excluding carboxylic acids is 1. The summed E-state index contributed by atoms with van der Waals surface area (Å²) in [5.41, 5.74) is 2.44. The van der Waals surface area contributed by atoms with E-state index in [0.29, 0.717) is 25.4 Å². The number of alkyl carbamates (subject to hydrolysis) is 1. The minimum atomic E-state index is -1.19. The Morgan fingerprint density at radius 1 is 1.16 bits per heavy atom. The maximum Gasteiger partial charge on any atom is 0.407 e. The molecule has 1 unspecified atom stereocenters. The minimum absolute atomic E-state index is 0.183. The molecule has 2 aromatic carbocycles. The maximum atomic E-state index is 12.2. The summed E-state index contributed by atoms with van der Waals surface area (Å²) in [7, 11) is 0. The molecule has 1 saturated heterocycles. The first-order valence-electron chi connectivity index (χ1n) is 10.5. The van der Waals surface area contributed by atoms with Gasteiger partial charge in [-0.1, -0.05) is 42.0 Å². The quantitative estimate of drug-likeness (QED) is 0.628. The van der Waals surface area contributed by atoms with Gasteiger partial charge in [-0.3, -0.25) is 0 Å². The van der Waals surface area contributed by atoms with Crippen LogP contribution in [0.5, 0.6) is 5.75 Å². The van der Waals surface area contributed by atoms with E-state index in [4.69, 9.17) is 14.2 Å². The topological polar surface area (TPSA) is 94.1 Å². The van der Waals surface area contributed by atoms with Gasteiger partial charge < -0.3 is 24.6 Å². The second kappa shape index (κ2) is 10.3. The molecule has 2 aromatic rings. The van der Waals surface area contributed by atoms with Crippen molar-refractivity contribution in [2.24, 2.45) is 0 Å². The number of aryl methyl sites for hydroxylation is 1. The Labute approximate surface area is 182 Å². The molecule has 166 valence electrons. The molecule has 1 aliphatic heterocycles. The van der Waals surface area contributed by atoms with E-state index in [2.05, 4.69) is 5.32 Å². The summed E-state index contributed by atoms with van der Waals surface area (Å²) in [6.07, 6.45) is 0.938. The van der Waals surface area contributed by atoms with Crippen molar-refractivity contribution < 1.29 is 28.9 Å². The van der Waals surface area contributed by atoms with E-state index in [1.54, 1.807) is 6.07 Å². The molecule has 0 spiro atoms. The molecule has 1 atom stereocenters. The van der Waals surface area contributed by atoms with Crippen molar-refractivity contribution in [2.75, 3.05) is 13.2 Å². The first-order valence-corrected chi connectivity index (χ1v) is 10.5. The number of carboxylic acid groups (broad SMARTS) is 1. The lowest BCUT2D eigenvalue weighted by molar-refractivity contribution is -0.159. The number of benzene rings is 2. The summed E-state index contributed by atoms with van der Waals surface area (Å²) in [6.45, 7) is 5.20. The van der Waals surface area contributed by atoms with Crippen molar-refractivity contribution in [3.05, 3.63) is 64.7 Å². The molecule has 1 aliphatic rings. The normalized spacial score (nSPS) is 17.9. The fourth-order valence-corrected chi connectivity index (χ4v) is 3.64. The van der Waals surface area contributed by atoms with Crippen LogP contribution in [0.2, 0.25) is 0 Å². The van der Waals surface area contributed by atoms with E-state index in [1.807, 2.05) is 50.2 Å². The van der Waals surface area contributed by atoms with Gasteiger partial charge in [-0.25, -0.2) is 9.59 Å². The predicted octanol–water partition coefficient (Wildman–Crippen LogP) is 4.00. The number of hydrogen-bond donors (Lipinski definition) is 2. The number of rotatable bonds is 9. The largest absolute Gasteiger partial charge is 0.494 e. The lowest BCUT2D eigenvalue weighted by Gasteiger charge is -2.24. The van der Waals surface area contributed by atoms with Gasteiger partial charge in [-0.15, -0.1) is 0 Å². The summed E-state index contributed by atoms with van der Waals surface area (Å²) < 4.78 is 16.5. The zero-order valence-corrected chi connectivity index (χ0v) is 18.0. The highest BCUT2D eigenvalue weighted by atomic mass is 16.5. The Kier molecular flexibility index (Phi) is 7.52. The Hall–Kier alpha value is -3.06. The third-order valence-electron chi connectivity index (χ3n) is 5.32. The molecule has 0 aromatic heterocycles. The number of carboxylic acids is 1. The van der Waals surface area contributed by atoms with Gasteiger partial charge >= 0.3 is 12.1 Å². The molecular formula is C24H29NO6. The van der Waals surface area contributed by atoms with Gasteiger partial charge in [0, 0.05) is 25.1 Å². The van der Waals surface area contributed by atoms with E-state index in [0.717, 1.165) is 28.7 Å². The predicted molar refractivity (Wildman–Crippen MR) is 115 cm³/mol. The van der Waals surface area contributed by atoms with Gasteiger partial charge in [0.15, 0.2) is 5.60 Å². The molecule has 0 bridgehead atoms. The highest BCUT2D eigenvalue weighted by Gasteiger charge is 2.43. The van der Waals surface area contributed by atoms with Crippen molar-refractivity contribution in [1.82, 2.24) is 5.32 Å². The molecular weight excluding hydrogens is 398 g/mol. The number of hydrogen-bond acceptors (Lipinski definition) is 5. The fourth-order valence-electron chi connectivity index (χ4n) is 3.64. The molecule has 0 saturated carbocycles. The standard InChI is InChI=1S/C24H29NO6/c1-3-29-21-10-9-19(14-24(22(26)27)11-4-12-31-24)13-20(21)15-25-23(28)30-16-18-7-5-17(2)6-8-18/h5-10,13H,3-4,11-12,14-16H2,1-2H3,(H,25,28)(H,26,27). The third-order valence-corrected chi connectivity index (χ3v) is 5.32. The lowest BCUT2D eigenvalue weighted by Crippen LogP contribution is -2.40. The molecule has 7 heteroatoms. The molecule has 1 amide bonds. The second-order valence-electron chi connectivity index (χ2n) is 7.72. The van der Waals surface area contributed by atoms with Gasteiger partial charge in [-0.05, 0) is 43.9 Å². The monoisotopic (exact) mass is 427 g/mol. The van der Waals surface area contributed by atoms with E-state index in [-0.39, 0.29) is 19.6 Å². The Balaban J connectivity index is 1.64. The zero-order chi connectivity index (χ0) is 22.3. The van der Waals surface area contributed by atoms with Crippen molar-refractivity contribution >= 4 is 12.1 Å². The number of amides is 1. The van der Waals surface area contributed by atoms with Crippen LogP contribution < -0.4 is 10.1 Å². The Morgan fingerprint density at radius 3 is 2.55 bits per heavy atom. The minimum Gasteiger partial charge on any atom is -0.494 e. The number of aliphatic carboxylic acids is 1. The smallest absolute Gasteiger partial charge is 0.407 e. The van der Waals surface area contributed by atoms with Gasteiger partial charge in [0.05, 0.1) is 6.61 Å². The van der Waals surface area contributed by atoms with E-state index < -0.39 is 17.7 Å². The van der Waals surface area contributed by atoms with Crippen LogP contribution in [0.1, 0.15) is 42.0 Å². The highest BCUT2D eigenvalue weighted by Crippen LogP contribution is 2.31. The highest BCUT2D eigenvalue weighted by molar-refractivity contribution is 5.78.